The lowest BCUT2D eigenvalue weighted by Gasteiger charge is -2.30. The molecule has 0 saturated carbocycles. The Morgan fingerprint density at radius 1 is 1.08 bits per heavy atom. The Bertz CT molecular complexity index is 735. The van der Waals surface area contributed by atoms with Crippen molar-refractivity contribution in [3.8, 4) is 0 Å². The third kappa shape index (κ3) is 5.17. The lowest BCUT2D eigenvalue weighted by Crippen LogP contribution is -2.42. The van der Waals surface area contributed by atoms with Crippen LogP contribution in [-0.2, 0) is 0 Å². The summed E-state index contributed by atoms with van der Waals surface area (Å²) in [5.74, 6) is -0.146. The molecule has 1 aromatic heterocycles. The van der Waals surface area contributed by atoms with Crippen molar-refractivity contribution in [2.75, 3.05) is 10.6 Å². The summed E-state index contributed by atoms with van der Waals surface area (Å²) in [5, 5.41) is 7.91. The summed E-state index contributed by atoms with van der Waals surface area (Å²) in [6.07, 6.45) is 0. The van der Waals surface area contributed by atoms with Crippen LogP contribution >= 0.6 is 22.9 Å². The maximum Gasteiger partial charge on any atom is 0.325 e. The zero-order chi connectivity index (χ0) is 18.6. The first-order valence-electron chi connectivity index (χ1n) is 7.89. The van der Waals surface area contributed by atoms with Crippen LogP contribution in [0, 0.1) is 0 Å². The number of hydrogen-bond acceptors (Lipinski definition) is 4. The third-order valence-electron chi connectivity index (χ3n) is 3.39. The van der Waals surface area contributed by atoms with Crippen molar-refractivity contribution >= 4 is 45.7 Å². The first-order chi connectivity index (χ1) is 11.8. The van der Waals surface area contributed by atoms with Gasteiger partial charge in [0.25, 0.3) is 5.91 Å². The zero-order valence-corrected chi connectivity index (χ0v) is 16.1. The average molecular weight is 381 g/mol. The molecule has 1 heterocycles. The molecule has 2 aromatic rings. The van der Waals surface area contributed by atoms with E-state index in [1.807, 2.05) is 27.7 Å². The minimum atomic E-state index is -0.430. The molecule has 0 aliphatic rings. The number of amides is 3. The molecule has 0 unspecified atom stereocenters. The van der Waals surface area contributed by atoms with Crippen molar-refractivity contribution in [2.24, 2.45) is 0 Å². The number of carbonyl (C=O) groups excluding carboxylic acids is 2. The summed E-state index contributed by atoms with van der Waals surface area (Å²) in [6, 6.07) is 6.47. The number of nitrogens with one attached hydrogen (secondary N) is 2. The van der Waals surface area contributed by atoms with Gasteiger partial charge in [-0.3, -0.25) is 10.1 Å². The molecule has 3 amide bonds. The Morgan fingerprint density at radius 3 is 2.24 bits per heavy atom. The molecule has 1 aromatic carbocycles. The molecule has 8 heteroatoms. The highest BCUT2D eigenvalue weighted by Crippen LogP contribution is 2.20. The van der Waals surface area contributed by atoms with Gasteiger partial charge in [0, 0.05) is 28.2 Å². The highest BCUT2D eigenvalue weighted by molar-refractivity contribution is 7.14. The first-order valence-corrected chi connectivity index (χ1v) is 9.15. The van der Waals surface area contributed by atoms with E-state index in [0.29, 0.717) is 21.5 Å². The molecule has 6 nitrogen and oxygen atoms in total. The standard InChI is InChI=1S/C17H21ClN4O2S/c1-10(2)22(11(3)4)15(23)14-9-25-17(20-14)21-16(24)19-13-7-5-12(18)6-8-13/h5-11H,1-4H3,(H2,19,20,21,24). The van der Waals surface area contributed by atoms with Crippen LogP contribution in [0.4, 0.5) is 15.6 Å². The molecule has 0 atom stereocenters. The van der Waals surface area contributed by atoms with Crippen LogP contribution in [0.15, 0.2) is 29.6 Å². The Morgan fingerprint density at radius 2 is 1.68 bits per heavy atom. The second-order valence-corrected chi connectivity index (χ2v) is 7.32. The number of anilines is 2. The number of carbonyl (C=O) groups is 2. The van der Waals surface area contributed by atoms with E-state index in [2.05, 4.69) is 15.6 Å². The number of aromatic nitrogens is 1. The summed E-state index contributed by atoms with van der Waals surface area (Å²) in [7, 11) is 0. The third-order valence-corrected chi connectivity index (χ3v) is 4.40. The summed E-state index contributed by atoms with van der Waals surface area (Å²) in [6.45, 7) is 7.85. The van der Waals surface area contributed by atoms with Crippen molar-refractivity contribution < 1.29 is 9.59 Å². The van der Waals surface area contributed by atoms with Crippen molar-refractivity contribution in [1.29, 1.82) is 0 Å². The van der Waals surface area contributed by atoms with Gasteiger partial charge in [-0.2, -0.15) is 0 Å². The minimum absolute atomic E-state index is 0.0683. The summed E-state index contributed by atoms with van der Waals surface area (Å²) >= 11 is 7.02. The Balaban J connectivity index is 2.02. The number of benzene rings is 1. The second kappa shape index (κ2) is 8.31. The number of nitrogens with zero attached hydrogens (tertiary/aromatic N) is 2. The molecule has 134 valence electrons. The Labute approximate surface area is 156 Å². The van der Waals surface area contributed by atoms with E-state index in [9.17, 15) is 9.59 Å². The van der Waals surface area contributed by atoms with E-state index in [4.69, 9.17) is 11.6 Å². The maximum absolute atomic E-state index is 12.6. The number of rotatable bonds is 5. The van der Waals surface area contributed by atoms with Gasteiger partial charge < -0.3 is 10.2 Å². The Kier molecular flexibility index (Phi) is 6.39. The highest BCUT2D eigenvalue weighted by Gasteiger charge is 2.24. The minimum Gasteiger partial charge on any atom is -0.332 e. The molecule has 2 N–H and O–H groups in total. The van der Waals surface area contributed by atoms with Crippen LogP contribution in [0.5, 0.6) is 0 Å². The molecule has 25 heavy (non-hydrogen) atoms. The zero-order valence-electron chi connectivity index (χ0n) is 14.5. The van der Waals surface area contributed by atoms with Gasteiger partial charge in [-0.1, -0.05) is 11.6 Å². The summed E-state index contributed by atoms with van der Waals surface area (Å²) in [4.78, 5) is 30.6. The fraction of sp³-hybridized carbons (Fsp3) is 0.353. The summed E-state index contributed by atoms with van der Waals surface area (Å²) < 4.78 is 0. The van der Waals surface area contributed by atoms with Gasteiger partial charge in [0.2, 0.25) is 0 Å². The lowest BCUT2D eigenvalue weighted by atomic mass is 10.2. The van der Waals surface area contributed by atoms with E-state index in [0.717, 1.165) is 0 Å². The van der Waals surface area contributed by atoms with E-state index >= 15 is 0 Å². The number of thiazole rings is 1. The van der Waals surface area contributed by atoms with Crippen LogP contribution in [0.25, 0.3) is 0 Å². The van der Waals surface area contributed by atoms with Gasteiger partial charge in [0.05, 0.1) is 0 Å². The normalized spacial score (nSPS) is 10.8. The van der Waals surface area contributed by atoms with Crippen LogP contribution in [0.1, 0.15) is 38.2 Å². The SMILES string of the molecule is CC(C)N(C(=O)c1csc(NC(=O)Nc2ccc(Cl)cc2)n1)C(C)C. The molecule has 0 saturated heterocycles. The maximum atomic E-state index is 12.6. The van der Waals surface area contributed by atoms with Crippen LogP contribution in [0.3, 0.4) is 0 Å². The van der Waals surface area contributed by atoms with Gasteiger partial charge in [-0.25, -0.2) is 9.78 Å². The molecule has 0 radical (unpaired) electrons. The highest BCUT2D eigenvalue weighted by atomic mass is 35.5. The fourth-order valence-corrected chi connectivity index (χ4v) is 3.23. The van der Waals surface area contributed by atoms with E-state index in [1.54, 1.807) is 34.5 Å². The van der Waals surface area contributed by atoms with Gasteiger partial charge >= 0.3 is 6.03 Å². The quantitative estimate of drug-likeness (QED) is 0.789. The number of halogens is 1. The van der Waals surface area contributed by atoms with Crippen LogP contribution in [-0.4, -0.2) is 33.9 Å². The molecule has 0 aliphatic carbocycles. The van der Waals surface area contributed by atoms with Crippen molar-refractivity contribution in [1.82, 2.24) is 9.88 Å². The van der Waals surface area contributed by atoms with E-state index < -0.39 is 6.03 Å². The molecule has 0 aliphatic heterocycles. The van der Waals surface area contributed by atoms with E-state index in [-0.39, 0.29) is 18.0 Å². The summed E-state index contributed by atoms with van der Waals surface area (Å²) in [5.41, 5.74) is 0.940. The second-order valence-electron chi connectivity index (χ2n) is 6.02. The fourth-order valence-electron chi connectivity index (χ4n) is 2.42. The number of urea groups is 1. The monoisotopic (exact) mass is 380 g/mol. The predicted molar refractivity (Wildman–Crippen MR) is 103 cm³/mol. The molecular weight excluding hydrogens is 360 g/mol. The largest absolute Gasteiger partial charge is 0.332 e. The van der Waals surface area contributed by atoms with E-state index in [1.165, 1.54) is 11.3 Å². The van der Waals surface area contributed by atoms with Gasteiger partial charge in [-0.15, -0.1) is 11.3 Å². The van der Waals surface area contributed by atoms with Crippen molar-refractivity contribution in [3.05, 3.63) is 40.4 Å². The van der Waals surface area contributed by atoms with Gasteiger partial charge in [0.1, 0.15) is 5.69 Å². The molecule has 2 rings (SSSR count). The van der Waals surface area contributed by atoms with Gasteiger partial charge in [0.15, 0.2) is 5.13 Å². The topological polar surface area (TPSA) is 74.3 Å². The molecule has 0 bridgehead atoms. The average Bonchev–Trinajstić information content (AvgIpc) is 2.97. The molecular formula is C17H21ClN4O2S. The van der Waals surface area contributed by atoms with Crippen LogP contribution < -0.4 is 10.6 Å². The predicted octanol–water partition coefficient (Wildman–Crippen LogP) is 4.70. The van der Waals surface area contributed by atoms with Crippen molar-refractivity contribution in [3.63, 3.8) is 0 Å². The lowest BCUT2D eigenvalue weighted by molar-refractivity contribution is 0.0638. The number of hydrogen-bond donors (Lipinski definition) is 2. The van der Waals surface area contributed by atoms with Crippen molar-refractivity contribution in [2.45, 2.75) is 39.8 Å². The smallest absolute Gasteiger partial charge is 0.325 e. The molecule has 0 fully saturated rings. The first kappa shape index (κ1) is 19.2. The molecule has 0 spiro atoms. The van der Waals surface area contributed by atoms with Crippen LogP contribution in [0.2, 0.25) is 5.02 Å². The van der Waals surface area contributed by atoms with Gasteiger partial charge in [-0.05, 0) is 52.0 Å². The Hall–Kier alpha value is -2.12.